The molecule has 80 valence electrons. The quantitative estimate of drug-likeness (QED) is 0.909. The molecular weight excluding hydrogens is 254 g/mol. The molecule has 2 N–H and O–H groups in total. The summed E-state index contributed by atoms with van der Waals surface area (Å²) in [6.45, 7) is 4.76. The summed E-state index contributed by atoms with van der Waals surface area (Å²) in [7, 11) is 0. The molecule has 0 aliphatic carbocycles. The van der Waals surface area contributed by atoms with Gasteiger partial charge in [-0.25, -0.2) is 0 Å². The molecule has 2 rings (SSSR count). The number of aromatic nitrogens is 2. The summed E-state index contributed by atoms with van der Waals surface area (Å²) in [6, 6.07) is 6.32. The van der Waals surface area contributed by atoms with Gasteiger partial charge in [0.05, 0.1) is 17.8 Å². The fourth-order valence-corrected chi connectivity index (χ4v) is 2.07. The minimum Gasteiger partial charge on any atom is -0.326 e. The Morgan fingerprint density at radius 1 is 1.53 bits per heavy atom. The lowest BCUT2D eigenvalue weighted by Crippen LogP contribution is -2.22. The average molecular weight is 268 g/mol. The van der Waals surface area contributed by atoms with Crippen LogP contribution in [0.2, 0.25) is 0 Å². The van der Waals surface area contributed by atoms with E-state index in [1.54, 1.807) is 0 Å². The van der Waals surface area contributed by atoms with Gasteiger partial charge >= 0.3 is 0 Å². The first-order valence-corrected chi connectivity index (χ1v) is 5.75. The fourth-order valence-electron chi connectivity index (χ4n) is 1.73. The molecule has 1 aromatic carbocycles. The second-order valence-electron chi connectivity index (χ2n) is 3.91. The van der Waals surface area contributed by atoms with Gasteiger partial charge in [-0.05, 0) is 32.0 Å². The van der Waals surface area contributed by atoms with Crippen molar-refractivity contribution in [3.63, 3.8) is 0 Å². The van der Waals surface area contributed by atoms with Crippen molar-refractivity contribution in [1.29, 1.82) is 0 Å². The number of benzene rings is 1. The second kappa shape index (κ2) is 3.94. The van der Waals surface area contributed by atoms with E-state index >= 15 is 0 Å². The van der Waals surface area contributed by atoms with Crippen LogP contribution in [0, 0.1) is 6.92 Å². The third-order valence-corrected chi connectivity index (χ3v) is 2.85. The smallest absolute Gasteiger partial charge is 0.0697 e. The van der Waals surface area contributed by atoms with Crippen LogP contribution in [0.15, 0.2) is 22.7 Å². The normalized spacial score (nSPS) is 13.3. The Kier molecular flexibility index (Phi) is 2.80. The second-order valence-corrected chi connectivity index (χ2v) is 4.82. The molecule has 0 spiro atoms. The largest absolute Gasteiger partial charge is 0.326 e. The van der Waals surface area contributed by atoms with Crippen LogP contribution in [0.3, 0.4) is 0 Å². The molecule has 0 amide bonds. The van der Waals surface area contributed by atoms with Crippen LogP contribution in [-0.4, -0.2) is 15.8 Å². The maximum atomic E-state index is 5.79. The van der Waals surface area contributed by atoms with Crippen LogP contribution < -0.4 is 5.73 Å². The molecule has 4 heteroatoms. The number of hydrogen-bond acceptors (Lipinski definition) is 2. The van der Waals surface area contributed by atoms with E-state index < -0.39 is 0 Å². The van der Waals surface area contributed by atoms with E-state index in [2.05, 4.69) is 33.2 Å². The Hall–Kier alpha value is -0.870. The summed E-state index contributed by atoms with van der Waals surface area (Å²) in [5, 5.41) is 5.68. The van der Waals surface area contributed by atoms with Crippen LogP contribution >= 0.6 is 15.9 Å². The number of fused-ring (bicyclic) bond motifs is 1. The van der Waals surface area contributed by atoms with Crippen LogP contribution in [0.5, 0.6) is 0 Å². The highest BCUT2D eigenvalue weighted by Crippen LogP contribution is 2.22. The topological polar surface area (TPSA) is 43.8 Å². The number of halogens is 1. The molecule has 0 aliphatic rings. The molecule has 1 aromatic heterocycles. The van der Waals surface area contributed by atoms with E-state index in [1.165, 1.54) is 5.39 Å². The Balaban J connectivity index is 2.59. The molecule has 0 aliphatic heterocycles. The summed E-state index contributed by atoms with van der Waals surface area (Å²) in [4.78, 5) is 0. The molecule has 15 heavy (non-hydrogen) atoms. The van der Waals surface area contributed by atoms with Crippen molar-refractivity contribution in [3.05, 3.63) is 28.4 Å². The van der Waals surface area contributed by atoms with Crippen LogP contribution in [0.4, 0.5) is 0 Å². The van der Waals surface area contributed by atoms with E-state index in [4.69, 9.17) is 5.73 Å². The molecular formula is C11H14BrN3. The number of nitrogens with two attached hydrogens (primary N) is 1. The van der Waals surface area contributed by atoms with Gasteiger partial charge in [0, 0.05) is 15.9 Å². The van der Waals surface area contributed by atoms with Crippen molar-refractivity contribution in [2.45, 2.75) is 26.4 Å². The average Bonchev–Trinajstić information content (AvgIpc) is 2.42. The first kappa shape index (κ1) is 10.6. The van der Waals surface area contributed by atoms with E-state index in [0.717, 1.165) is 22.2 Å². The Labute approximate surface area is 97.4 Å². The Morgan fingerprint density at radius 2 is 2.27 bits per heavy atom. The van der Waals surface area contributed by atoms with Gasteiger partial charge < -0.3 is 5.73 Å². The van der Waals surface area contributed by atoms with Crippen LogP contribution in [0.1, 0.15) is 12.6 Å². The molecule has 1 atom stereocenters. The van der Waals surface area contributed by atoms with Crippen molar-refractivity contribution in [1.82, 2.24) is 9.78 Å². The SMILES string of the molecule is Cc1nn(CC(C)N)c2cc(Br)ccc12. The fraction of sp³-hybridized carbons (Fsp3) is 0.364. The highest BCUT2D eigenvalue weighted by molar-refractivity contribution is 9.10. The van der Waals surface area contributed by atoms with Crippen molar-refractivity contribution in [2.75, 3.05) is 0 Å². The molecule has 0 fully saturated rings. The Bertz CT molecular complexity index is 488. The van der Waals surface area contributed by atoms with Crippen molar-refractivity contribution < 1.29 is 0 Å². The van der Waals surface area contributed by atoms with Gasteiger partial charge in [0.15, 0.2) is 0 Å². The number of nitrogens with zero attached hydrogens (tertiary/aromatic N) is 2. The van der Waals surface area contributed by atoms with Gasteiger partial charge in [-0.1, -0.05) is 15.9 Å². The maximum Gasteiger partial charge on any atom is 0.0697 e. The van der Waals surface area contributed by atoms with E-state index in [9.17, 15) is 0 Å². The molecule has 0 saturated carbocycles. The van der Waals surface area contributed by atoms with Crippen molar-refractivity contribution >= 4 is 26.8 Å². The molecule has 0 radical (unpaired) electrons. The van der Waals surface area contributed by atoms with Crippen LogP contribution in [0.25, 0.3) is 10.9 Å². The number of hydrogen-bond donors (Lipinski definition) is 1. The minimum atomic E-state index is 0.117. The van der Waals surface area contributed by atoms with E-state index in [0.29, 0.717) is 0 Å². The van der Waals surface area contributed by atoms with Gasteiger partial charge in [0.1, 0.15) is 0 Å². The molecule has 2 aromatic rings. The molecule has 3 nitrogen and oxygen atoms in total. The molecule has 0 saturated heterocycles. The number of rotatable bonds is 2. The summed E-state index contributed by atoms with van der Waals surface area (Å²) in [5.74, 6) is 0. The third-order valence-electron chi connectivity index (χ3n) is 2.36. The highest BCUT2D eigenvalue weighted by atomic mass is 79.9. The van der Waals surface area contributed by atoms with Crippen molar-refractivity contribution in [2.24, 2.45) is 5.73 Å². The summed E-state index contributed by atoms with van der Waals surface area (Å²) < 4.78 is 3.04. The zero-order chi connectivity index (χ0) is 11.0. The third kappa shape index (κ3) is 2.06. The zero-order valence-corrected chi connectivity index (χ0v) is 10.5. The predicted octanol–water partition coefficient (Wildman–Crippen LogP) is 2.45. The lowest BCUT2D eigenvalue weighted by atomic mass is 10.2. The summed E-state index contributed by atoms with van der Waals surface area (Å²) in [6.07, 6.45) is 0. The molecule has 1 heterocycles. The minimum absolute atomic E-state index is 0.117. The molecule has 0 bridgehead atoms. The van der Waals surface area contributed by atoms with E-state index in [1.807, 2.05) is 24.6 Å². The predicted molar refractivity (Wildman–Crippen MR) is 65.8 cm³/mol. The monoisotopic (exact) mass is 267 g/mol. The first-order chi connectivity index (χ1) is 7.08. The summed E-state index contributed by atoms with van der Waals surface area (Å²) in [5.41, 5.74) is 7.98. The summed E-state index contributed by atoms with van der Waals surface area (Å²) >= 11 is 3.47. The lowest BCUT2D eigenvalue weighted by Gasteiger charge is -2.06. The standard InChI is InChI=1S/C11H14BrN3/c1-7(13)6-15-11-5-9(12)3-4-10(11)8(2)14-15/h3-5,7H,6,13H2,1-2H3. The van der Waals surface area contributed by atoms with Gasteiger partial charge in [-0.15, -0.1) is 0 Å². The zero-order valence-electron chi connectivity index (χ0n) is 8.87. The first-order valence-electron chi connectivity index (χ1n) is 4.96. The van der Waals surface area contributed by atoms with Crippen molar-refractivity contribution in [3.8, 4) is 0 Å². The van der Waals surface area contributed by atoms with Gasteiger partial charge in [-0.3, -0.25) is 4.68 Å². The number of aryl methyl sites for hydroxylation is 1. The van der Waals surface area contributed by atoms with Gasteiger partial charge in [0.2, 0.25) is 0 Å². The lowest BCUT2D eigenvalue weighted by molar-refractivity contribution is 0.550. The van der Waals surface area contributed by atoms with Gasteiger partial charge in [0.25, 0.3) is 0 Å². The maximum absolute atomic E-state index is 5.79. The van der Waals surface area contributed by atoms with Gasteiger partial charge in [-0.2, -0.15) is 5.10 Å². The highest BCUT2D eigenvalue weighted by Gasteiger charge is 2.08. The molecule has 1 unspecified atom stereocenters. The Morgan fingerprint density at radius 3 is 2.93 bits per heavy atom. The van der Waals surface area contributed by atoms with E-state index in [-0.39, 0.29) is 6.04 Å². The van der Waals surface area contributed by atoms with Crippen LogP contribution in [-0.2, 0) is 6.54 Å².